The molecule has 3 saturated carbocycles. The first-order chi connectivity index (χ1) is 16.5. The van der Waals surface area contributed by atoms with Crippen molar-refractivity contribution in [3.63, 3.8) is 0 Å². The van der Waals surface area contributed by atoms with E-state index in [2.05, 4.69) is 41.7 Å². The Hall–Kier alpha value is -2.85. The molecule has 8 rings (SSSR count). The lowest BCUT2D eigenvalue weighted by Gasteiger charge is -2.55. The third-order valence-electron chi connectivity index (χ3n) is 9.19. The number of amides is 2. The van der Waals surface area contributed by atoms with Crippen LogP contribution in [0, 0.1) is 45.8 Å². The Labute approximate surface area is 210 Å². The third-order valence-corrected chi connectivity index (χ3v) is 9.49. The molecule has 7 nitrogen and oxygen atoms in total. The molecule has 1 N–H and O–H groups in total. The molecule has 0 spiro atoms. The second kappa shape index (κ2) is 7.33. The van der Waals surface area contributed by atoms with Crippen molar-refractivity contribution in [3.05, 3.63) is 34.7 Å². The van der Waals surface area contributed by atoms with Crippen LogP contribution in [0.25, 0.3) is 11.1 Å². The van der Waals surface area contributed by atoms with E-state index in [0.29, 0.717) is 40.2 Å². The summed E-state index contributed by atoms with van der Waals surface area (Å²) in [5.41, 5.74) is 3.06. The highest BCUT2D eigenvalue weighted by Gasteiger charge is 2.70. The van der Waals surface area contributed by atoms with Gasteiger partial charge in [0.25, 0.3) is 0 Å². The fourth-order valence-corrected chi connectivity index (χ4v) is 7.88. The smallest absolute Gasteiger partial charge is 0.231 e. The molecule has 0 aromatic carbocycles. The number of halogens is 1. The Morgan fingerprint density at radius 3 is 2.54 bits per heavy atom. The number of piperidine rings is 2. The fourth-order valence-electron chi connectivity index (χ4n) is 7.67. The van der Waals surface area contributed by atoms with Gasteiger partial charge in [-0.25, -0.2) is 4.98 Å². The number of nitrogens with one attached hydrogen (secondary N) is 1. The number of hydrogen-bond acceptors (Lipinski definition) is 4. The SMILES string of the molecule is CC(=O)N1C[C@@H]2C3CC(C)(C(=O)Nc4cc(-c5cc(C#N)n6c5CC(C)(C)C6)c(Cl)cn4)C2[C@H]3C1. The van der Waals surface area contributed by atoms with Crippen LogP contribution in [0.5, 0.6) is 0 Å². The number of aromatic nitrogens is 2. The van der Waals surface area contributed by atoms with Crippen molar-refractivity contribution in [1.29, 1.82) is 5.26 Å². The van der Waals surface area contributed by atoms with Gasteiger partial charge in [-0.3, -0.25) is 9.59 Å². The molecule has 6 aliphatic rings. The summed E-state index contributed by atoms with van der Waals surface area (Å²) in [5, 5.41) is 13.3. The first-order valence-corrected chi connectivity index (χ1v) is 12.8. The first-order valence-electron chi connectivity index (χ1n) is 12.4. The molecule has 35 heavy (non-hydrogen) atoms. The number of carbonyl (C=O) groups excluding carboxylic acids is 2. The van der Waals surface area contributed by atoms with E-state index in [1.165, 1.54) is 0 Å². The van der Waals surface area contributed by atoms with E-state index in [0.717, 1.165) is 49.3 Å². The Morgan fingerprint density at radius 2 is 1.89 bits per heavy atom. The summed E-state index contributed by atoms with van der Waals surface area (Å²) in [4.78, 5) is 31.8. The number of anilines is 1. The van der Waals surface area contributed by atoms with Crippen LogP contribution in [0.1, 0.15) is 45.5 Å². The van der Waals surface area contributed by atoms with Crippen LogP contribution >= 0.6 is 11.6 Å². The zero-order valence-electron chi connectivity index (χ0n) is 20.6. The monoisotopic (exact) mass is 491 g/mol. The first kappa shape index (κ1) is 22.6. The van der Waals surface area contributed by atoms with Crippen molar-refractivity contribution >= 4 is 29.2 Å². The topological polar surface area (TPSA) is 91.0 Å². The number of pyridine rings is 1. The van der Waals surface area contributed by atoms with Gasteiger partial charge < -0.3 is 14.8 Å². The van der Waals surface area contributed by atoms with Gasteiger partial charge in [-0.1, -0.05) is 32.4 Å². The van der Waals surface area contributed by atoms with Gasteiger partial charge >= 0.3 is 0 Å². The largest absolute Gasteiger partial charge is 0.342 e. The van der Waals surface area contributed by atoms with Gasteiger partial charge in [-0.2, -0.15) is 5.26 Å². The minimum Gasteiger partial charge on any atom is -0.342 e. The number of hydrogen-bond donors (Lipinski definition) is 1. The Morgan fingerprint density at radius 1 is 1.17 bits per heavy atom. The highest BCUT2D eigenvalue weighted by Crippen LogP contribution is 2.69. The quantitative estimate of drug-likeness (QED) is 0.691. The number of carbonyl (C=O) groups is 2. The molecule has 2 aromatic heterocycles. The Bertz CT molecular complexity index is 1310. The summed E-state index contributed by atoms with van der Waals surface area (Å²) in [5.74, 6) is 2.27. The minimum atomic E-state index is -0.459. The molecule has 8 heteroatoms. The fraction of sp³-hybridized carbons (Fsp3) is 0.556. The second-order valence-corrected chi connectivity index (χ2v) is 12.4. The minimum absolute atomic E-state index is 0.00416. The molecule has 182 valence electrons. The van der Waals surface area contributed by atoms with Crippen LogP contribution in [0.4, 0.5) is 5.82 Å². The molecule has 5 atom stereocenters. The van der Waals surface area contributed by atoms with Crippen molar-refractivity contribution in [2.75, 3.05) is 18.4 Å². The van der Waals surface area contributed by atoms with Crippen molar-refractivity contribution < 1.29 is 9.59 Å². The molecule has 0 radical (unpaired) electrons. The van der Waals surface area contributed by atoms with Crippen LogP contribution in [-0.2, 0) is 22.6 Å². The summed E-state index contributed by atoms with van der Waals surface area (Å²) >= 11 is 6.58. The van der Waals surface area contributed by atoms with Gasteiger partial charge in [0.2, 0.25) is 11.8 Å². The average Bonchev–Trinajstić information content (AvgIpc) is 3.50. The average molecular weight is 492 g/mol. The van der Waals surface area contributed by atoms with E-state index in [1.54, 1.807) is 13.1 Å². The van der Waals surface area contributed by atoms with Crippen molar-refractivity contribution in [2.45, 2.75) is 47.1 Å². The number of fused-ring (bicyclic) bond motifs is 4. The van der Waals surface area contributed by atoms with E-state index < -0.39 is 5.41 Å². The molecular formula is C27H30ClN5O2. The molecule has 3 aliphatic heterocycles. The highest BCUT2D eigenvalue weighted by molar-refractivity contribution is 6.33. The maximum Gasteiger partial charge on any atom is 0.231 e. The number of rotatable bonds is 3. The predicted molar refractivity (Wildman–Crippen MR) is 132 cm³/mol. The van der Waals surface area contributed by atoms with Gasteiger partial charge in [0, 0.05) is 49.6 Å². The van der Waals surface area contributed by atoms with E-state index in [4.69, 9.17) is 11.6 Å². The molecule has 2 amide bonds. The standard InChI is InChI=1S/C27H30ClN5O2/c1-14(34)32-11-19-18-7-27(4,24(19)20(18)12-32)25(35)31-23-6-16(21(28)10-30-23)17-5-15(9-29)33-13-26(2,3)8-22(17)33/h5-6,10,18-20,24H,7-8,11-13H2,1-4H3,(H,30,31,35)/t18?,19-,20+,24?,27?. The second-order valence-electron chi connectivity index (χ2n) is 12.0. The molecular weight excluding hydrogens is 462 g/mol. The van der Waals surface area contributed by atoms with Crippen molar-refractivity contribution in [2.24, 2.45) is 34.5 Å². The van der Waals surface area contributed by atoms with E-state index in [-0.39, 0.29) is 17.2 Å². The summed E-state index contributed by atoms with van der Waals surface area (Å²) in [7, 11) is 0. The van der Waals surface area contributed by atoms with Gasteiger partial charge in [-0.15, -0.1) is 0 Å². The lowest BCUT2D eigenvalue weighted by atomic mass is 9.57. The third kappa shape index (κ3) is 3.19. The van der Waals surface area contributed by atoms with E-state index >= 15 is 0 Å². The summed E-state index contributed by atoms with van der Waals surface area (Å²) in [6.07, 6.45) is 3.29. The lowest BCUT2D eigenvalue weighted by Crippen LogP contribution is -2.60. The van der Waals surface area contributed by atoms with Gasteiger partial charge in [0.15, 0.2) is 0 Å². The molecule has 2 aromatic rings. The molecule has 5 heterocycles. The molecule has 5 fully saturated rings. The normalized spacial score (nSPS) is 31.5. The number of nitriles is 1. The zero-order valence-corrected chi connectivity index (χ0v) is 21.3. The lowest BCUT2D eigenvalue weighted by molar-refractivity contribution is -0.146. The zero-order chi connectivity index (χ0) is 24.9. The predicted octanol–water partition coefficient (Wildman–Crippen LogP) is 4.35. The molecule has 2 saturated heterocycles. The van der Waals surface area contributed by atoms with E-state index in [1.807, 2.05) is 17.0 Å². The van der Waals surface area contributed by atoms with Crippen LogP contribution in [0.2, 0.25) is 5.02 Å². The van der Waals surface area contributed by atoms with Crippen LogP contribution < -0.4 is 5.32 Å². The summed E-state index contributed by atoms with van der Waals surface area (Å²) in [6, 6.07) is 6.04. The van der Waals surface area contributed by atoms with Crippen LogP contribution in [0.15, 0.2) is 18.3 Å². The van der Waals surface area contributed by atoms with Gasteiger partial charge in [0.1, 0.15) is 17.6 Å². The van der Waals surface area contributed by atoms with Gasteiger partial charge in [0.05, 0.1) is 10.4 Å². The Kier molecular flexibility index (Phi) is 4.73. The molecule has 3 aliphatic carbocycles. The van der Waals surface area contributed by atoms with E-state index in [9.17, 15) is 14.9 Å². The number of nitrogens with zero attached hydrogens (tertiary/aromatic N) is 4. The molecule has 4 bridgehead atoms. The summed E-state index contributed by atoms with van der Waals surface area (Å²) < 4.78 is 2.08. The van der Waals surface area contributed by atoms with Crippen molar-refractivity contribution in [3.8, 4) is 17.2 Å². The highest BCUT2D eigenvalue weighted by atomic mass is 35.5. The van der Waals surface area contributed by atoms with Gasteiger partial charge in [-0.05, 0) is 54.1 Å². The van der Waals surface area contributed by atoms with Crippen LogP contribution in [-0.4, -0.2) is 39.4 Å². The van der Waals surface area contributed by atoms with Crippen LogP contribution in [0.3, 0.4) is 0 Å². The summed E-state index contributed by atoms with van der Waals surface area (Å²) in [6.45, 7) is 10.4. The Balaban J connectivity index is 1.26. The molecule has 3 unspecified atom stereocenters. The van der Waals surface area contributed by atoms with Crippen molar-refractivity contribution in [1.82, 2.24) is 14.5 Å². The maximum atomic E-state index is 13.6. The maximum absolute atomic E-state index is 13.6.